The predicted molar refractivity (Wildman–Crippen MR) is 65.9 cm³/mol. The Hall–Kier alpha value is -0.980. The van der Waals surface area contributed by atoms with Crippen LogP contribution in [0.3, 0.4) is 0 Å². The molecule has 0 atom stereocenters. The molecule has 0 amide bonds. The number of nitrogens with two attached hydrogens (primary N) is 1. The Labute approximate surface area is 102 Å². The first kappa shape index (κ1) is 12.5. The maximum atomic E-state index is 11.9. The lowest BCUT2D eigenvalue weighted by atomic mass is 9.97. The van der Waals surface area contributed by atoms with Crippen molar-refractivity contribution in [3.63, 3.8) is 0 Å². The molecular weight excluding hydrogens is 238 g/mol. The van der Waals surface area contributed by atoms with Gasteiger partial charge in [-0.05, 0) is 31.0 Å². The number of aryl methyl sites for hydroxylation is 1. The van der Waals surface area contributed by atoms with Crippen molar-refractivity contribution in [2.45, 2.75) is 18.9 Å². The second-order valence-corrected chi connectivity index (χ2v) is 6.93. The van der Waals surface area contributed by atoms with Gasteiger partial charge in [0.15, 0.2) is 0 Å². The zero-order chi connectivity index (χ0) is 12.5. The molecule has 17 heavy (non-hydrogen) atoms. The van der Waals surface area contributed by atoms with E-state index in [1.807, 2.05) is 19.1 Å². The van der Waals surface area contributed by atoms with E-state index in [0.717, 1.165) is 5.56 Å². The number of hydrogen-bond donors (Lipinski definition) is 1. The molecule has 2 N–H and O–H groups in total. The van der Waals surface area contributed by atoms with Gasteiger partial charge in [0.1, 0.15) is 0 Å². The molecule has 1 aliphatic rings. The summed E-state index contributed by atoms with van der Waals surface area (Å²) in [5, 5.41) is 0. The summed E-state index contributed by atoms with van der Waals surface area (Å²) in [4.78, 5) is 3.89. The van der Waals surface area contributed by atoms with Crippen molar-refractivity contribution in [2.24, 2.45) is 5.73 Å². The van der Waals surface area contributed by atoms with Gasteiger partial charge in [0.25, 0.3) is 0 Å². The number of sulfonamides is 1. The van der Waals surface area contributed by atoms with E-state index in [2.05, 4.69) is 4.98 Å². The minimum atomic E-state index is -3.16. The second-order valence-electron chi connectivity index (χ2n) is 4.84. The first-order chi connectivity index (χ1) is 7.89. The highest BCUT2D eigenvalue weighted by molar-refractivity contribution is 7.89. The predicted octanol–water partition coefficient (Wildman–Crippen LogP) is -0.0131. The van der Waals surface area contributed by atoms with Crippen LogP contribution in [0.15, 0.2) is 24.5 Å². The molecule has 2 rings (SSSR count). The number of rotatable bonds is 4. The maximum absolute atomic E-state index is 11.9. The molecule has 1 aliphatic heterocycles. The molecule has 0 aromatic carbocycles. The van der Waals surface area contributed by atoms with Gasteiger partial charge in [-0.15, -0.1) is 0 Å². The summed E-state index contributed by atoms with van der Waals surface area (Å²) in [5.74, 6) is 0.132. The van der Waals surface area contributed by atoms with Crippen molar-refractivity contribution < 1.29 is 8.42 Å². The first-order valence-electron chi connectivity index (χ1n) is 5.55. The maximum Gasteiger partial charge on any atom is 0.214 e. The molecule has 0 spiro atoms. The topological polar surface area (TPSA) is 76.3 Å². The summed E-state index contributed by atoms with van der Waals surface area (Å²) in [7, 11) is -3.16. The molecule has 1 aromatic rings. The Morgan fingerprint density at radius 2 is 2.00 bits per heavy atom. The minimum Gasteiger partial charge on any atom is -0.323 e. The van der Waals surface area contributed by atoms with Crippen LogP contribution < -0.4 is 5.73 Å². The van der Waals surface area contributed by atoms with Crippen LogP contribution >= 0.6 is 0 Å². The van der Waals surface area contributed by atoms with E-state index in [1.165, 1.54) is 4.31 Å². The van der Waals surface area contributed by atoms with E-state index in [0.29, 0.717) is 19.5 Å². The Kier molecular flexibility index (Phi) is 3.20. The number of nitrogens with zero attached hydrogens (tertiary/aromatic N) is 2. The van der Waals surface area contributed by atoms with E-state index < -0.39 is 10.0 Å². The fourth-order valence-corrected chi connectivity index (χ4v) is 3.62. The van der Waals surface area contributed by atoms with Crippen molar-refractivity contribution in [1.82, 2.24) is 9.29 Å². The van der Waals surface area contributed by atoms with Gasteiger partial charge >= 0.3 is 0 Å². The van der Waals surface area contributed by atoms with Crippen LogP contribution in [0, 0.1) is 0 Å². The Morgan fingerprint density at radius 3 is 2.53 bits per heavy atom. The van der Waals surface area contributed by atoms with Gasteiger partial charge in [-0.3, -0.25) is 4.98 Å². The summed E-state index contributed by atoms with van der Waals surface area (Å²) in [6, 6.07) is 3.66. The zero-order valence-electron chi connectivity index (χ0n) is 9.83. The molecule has 6 heteroatoms. The van der Waals surface area contributed by atoms with Crippen LogP contribution in [0.4, 0.5) is 0 Å². The molecule has 0 radical (unpaired) electrons. The molecular formula is C11H17N3O2S. The van der Waals surface area contributed by atoms with Crippen molar-refractivity contribution in [2.75, 3.05) is 18.8 Å². The second kappa shape index (κ2) is 4.36. The van der Waals surface area contributed by atoms with Gasteiger partial charge in [0, 0.05) is 31.0 Å². The lowest BCUT2D eigenvalue weighted by molar-refractivity contribution is 0.176. The third-order valence-corrected chi connectivity index (χ3v) is 4.63. The Balaban J connectivity index is 1.91. The number of aromatic nitrogens is 1. The lowest BCUT2D eigenvalue weighted by Crippen LogP contribution is -2.67. The average molecular weight is 255 g/mol. The van der Waals surface area contributed by atoms with E-state index >= 15 is 0 Å². The first-order valence-corrected chi connectivity index (χ1v) is 7.16. The molecule has 0 aliphatic carbocycles. The summed E-state index contributed by atoms with van der Waals surface area (Å²) in [6.45, 7) is 2.71. The summed E-state index contributed by atoms with van der Waals surface area (Å²) >= 11 is 0. The van der Waals surface area contributed by atoms with Crippen LogP contribution in [0.5, 0.6) is 0 Å². The lowest BCUT2D eigenvalue weighted by Gasteiger charge is -2.44. The average Bonchev–Trinajstić information content (AvgIpc) is 2.25. The van der Waals surface area contributed by atoms with Gasteiger partial charge in [-0.2, -0.15) is 4.31 Å². The molecule has 1 aromatic heterocycles. The fraction of sp³-hybridized carbons (Fsp3) is 0.545. The van der Waals surface area contributed by atoms with Crippen molar-refractivity contribution in [3.05, 3.63) is 30.1 Å². The van der Waals surface area contributed by atoms with Crippen LogP contribution in [-0.4, -0.2) is 42.1 Å². The smallest absolute Gasteiger partial charge is 0.214 e. The van der Waals surface area contributed by atoms with Gasteiger partial charge in [0.05, 0.1) is 5.75 Å². The van der Waals surface area contributed by atoms with Gasteiger partial charge in [-0.1, -0.05) is 0 Å². The molecule has 0 saturated carbocycles. The molecule has 94 valence electrons. The number of hydrogen-bond acceptors (Lipinski definition) is 4. The van der Waals surface area contributed by atoms with Crippen molar-refractivity contribution in [3.8, 4) is 0 Å². The summed E-state index contributed by atoms with van der Waals surface area (Å²) in [6.07, 6.45) is 3.85. The summed E-state index contributed by atoms with van der Waals surface area (Å²) in [5.41, 5.74) is 6.43. The SMILES string of the molecule is CC1(N)CN(S(=O)(=O)CCc2ccncc2)C1. The standard InChI is InChI=1S/C11H17N3O2S/c1-11(12)8-14(9-11)17(15,16)7-4-10-2-5-13-6-3-10/h2-3,5-6H,4,7-9,12H2,1H3. The Bertz CT molecular complexity index is 477. The van der Waals surface area contributed by atoms with E-state index in [4.69, 9.17) is 5.73 Å². The number of pyridine rings is 1. The minimum absolute atomic E-state index is 0.132. The van der Waals surface area contributed by atoms with Gasteiger partial charge < -0.3 is 5.73 Å². The normalized spacial score (nSPS) is 19.9. The molecule has 0 unspecified atom stereocenters. The van der Waals surface area contributed by atoms with Crippen LogP contribution in [0.2, 0.25) is 0 Å². The molecule has 1 saturated heterocycles. The van der Waals surface area contributed by atoms with Gasteiger partial charge in [0.2, 0.25) is 10.0 Å². The van der Waals surface area contributed by atoms with Gasteiger partial charge in [-0.25, -0.2) is 8.42 Å². The molecule has 1 fully saturated rings. The molecule has 0 bridgehead atoms. The van der Waals surface area contributed by atoms with E-state index in [9.17, 15) is 8.42 Å². The molecule has 5 nitrogen and oxygen atoms in total. The Morgan fingerprint density at radius 1 is 1.41 bits per heavy atom. The van der Waals surface area contributed by atoms with Crippen LogP contribution in [0.25, 0.3) is 0 Å². The largest absolute Gasteiger partial charge is 0.323 e. The van der Waals surface area contributed by atoms with E-state index in [1.54, 1.807) is 12.4 Å². The third-order valence-electron chi connectivity index (χ3n) is 2.87. The summed E-state index contributed by atoms with van der Waals surface area (Å²) < 4.78 is 25.3. The fourth-order valence-electron chi connectivity index (χ4n) is 1.88. The van der Waals surface area contributed by atoms with Crippen LogP contribution in [-0.2, 0) is 16.4 Å². The third kappa shape index (κ3) is 3.02. The highest BCUT2D eigenvalue weighted by atomic mass is 32.2. The highest BCUT2D eigenvalue weighted by Crippen LogP contribution is 2.21. The highest BCUT2D eigenvalue weighted by Gasteiger charge is 2.41. The van der Waals surface area contributed by atoms with Crippen LogP contribution in [0.1, 0.15) is 12.5 Å². The quantitative estimate of drug-likeness (QED) is 0.821. The van der Waals surface area contributed by atoms with Crippen molar-refractivity contribution in [1.29, 1.82) is 0 Å². The monoisotopic (exact) mass is 255 g/mol. The van der Waals surface area contributed by atoms with E-state index in [-0.39, 0.29) is 11.3 Å². The van der Waals surface area contributed by atoms with Crippen molar-refractivity contribution >= 4 is 10.0 Å². The molecule has 2 heterocycles. The zero-order valence-corrected chi connectivity index (χ0v) is 10.7.